The molecule has 6 heteroatoms. The Kier molecular flexibility index (Phi) is 3.23. The summed E-state index contributed by atoms with van der Waals surface area (Å²) in [6.07, 6.45) is 0. The van der Waals surface area contributed by atoms with Gasteiger partial charge in [0.05, 0.1) is 15.9 Å². The van der Waals surface area contributed by atoms with Crippen LogP contribution in [0.1, 0.15) is 17.4 Å². The van der Waals surface area contributed by atoms with Crippen LogP contribution in [0.2, 0.25) is 0 Å². The number of amides is 2. The Morgan fingerprint density at radius 1 is 1.19 bits per heavy atom. The summed E-state index contributed by atoms with van der Waals surface area (Å²) in [5, 5.41) is 1.94. The van der Waals surface area contributed by atoms with E-state index in [1.54, 1.807) is 30.3 Å². The summed E-state index contributed by atoms with van der Waals surface area (Å²) in [6, 6.07) is 10.3. The van der Waals surface area contributed by atoms with Crippen molar-refractivity contribution in [2.45, 2.75) is 6.92 Å². The van der Waals surface area contributed by atoms with Crippen molar-refractivity contribution in [1.82, 2.24) is 4.98 Å². The van der Waals surface area contributed by atoms with E-state index in [1.165, 1.54) is 18.3 Å². The first kappa shape index (κ1) is 13.4. The van der Waals surface area contributed by atoms with E-state index in [0.717, 1.165) is 15.1 Å². The Morgan fingerprint density at radius 2 is 1.90 bits per heavy atom. The van der Waals surface area contributed by atoms with Crippen molar-refractivity contribution in [3.05, 3.63) is 47.5 Å². The minimum atomic E-state index is -0.379. The third kappa shape index (κ3) is 2.41. The quantitative estimate of drug-likeness (QED) is 0.714. The van der Waals surface area contributed by atoms with Crippen molar-refractivity contribution in [1.29, 1.82) is 0 Å². The average Bonchev–Trinajstić information content (AvgIpc) is 3.01. The number of nitrogens with zero attached hydrogens (tertiary/aromatic N) is 1. The number of carbonyl (C=O) groups is 2. The summed E-state index contributed by atoms with van der Waals surface area (Å²) in [5.74, 6) is -0.724. The van der Waals surface area contributed by atoms with Gasteiger partial charge in [-0.2, -0.15) is 0 Å². The molecule has 3 aromatic rings. The molecule has 0 bridgehead atoms. The fraction of sp³-hybridized carbons (Fsp3) is 0.0667. The van der Waals surface area contributed by atoms with Gasteiger partial charge in [-0.25, -0.2) is 4.90 Å². The number of thiophene rings is 1. The van der Waals surface area contributed by atoms with Gasteiger partial charge in [0.25, 0.3) is 5.91 Å². The molecule has 21 heavy (non-hydrogen) atoms. The lowest BCUT2D eigenvalue weighted by molar-refractivity contribution is -0.115. The summed E-state index contributed by atoms with van der Waals surface area (Å²) in [7, 11) is 0. The molecule has 0 aliphatic rings. The van der Waals surface area contributed by atoms with E-state index < -0.39 is 0 Å². The van der Waals surface area contributed by atoms with Crippen molar-refractivity contribution >= 4 is 44.7 Å². The first-order chi connectivity index (χ1) is 10.1. The van der Waals surface area contributed by atoms with Gasteiger partial charge in [-0.05, 0) is 41.8 Å². The van der Waals surface area contributed by atoms with Crippen LogP contribution in [0.25, 0.3) is 10.2 Å². The van der Waals surface area contributed by atoms with Crippen LogP contribution in [0.3, 0.4) is 0 Å². The second kappa shape index (κ2) is 5.06. The molecule has 0 fully saturated rings. The molecule has 3 rings (SSSR count). The van der Waals surface area contributed by atoms with E-state index in [9.17, 15) is 9.59 Å². The highest BCUT2D eigenvalue weighted by Crippen LogP contribution is 2.24. The van der Waals surface area contributed by atoms with Crippen LogP contribution in [0, 0.1) is 0 Å². The van der Waals surface area contributed by atoms with Crippen LogP contribution in [0.5, 0.6) is 0 Å². The first-order valence-electron chi connectivity index (χ1n) is 6.33. The maximum Gasteiger partial charge on any atom is 0.281 e. The number of nitrogens with two attached hydrogens (primary N) is 1. The average molecular weight is 299 g/mol. The van der Waals surface area contributed by atoms with Gasteiger partial charge in [-0.3, -0.25) is 9.59 Å². The van der Waals surface area contributed by atoms with E-state index in [1.807, 2.05) is 11.4 Å². The van der Waals surface area contributed by atoms with Crippen LogP contribution in [0.15, 0.2) is 41.8 Å². The zero-order chi connectivity index (χ0) is 15.0. The second-order valence-electron chi connectivity index (χ2n) is 4.63. The lowest BCUT2D eigenvalue weighted by Crippen LogP contribution is -2.35. The van der Waals surface area contributed by atoms with Crippen LogP contribution in [-0.2, 0) is 4.79 Å². The number of aromatic nitrogens is 1. The van der Waals surface area contributed by atoms with E-state index in [2.05, 4.69) is 4.98 Å². The van der Waals surface area contributed by atoms with Gasteiger partial charge in [0.1, 0.15) is 5.69 Å². The van der Waals surface area contributed by atoms with Gasteiger partial charge in [0, 0.05) is 12.6 Å². The number of aromatic amines is 1. The molecule has 0 radical (unpaired) electrons. The Balaban J connectivity index is 2.00. The molecule has 0 aliphatic heterocycles. The minimum absolute atomic E-state index is 0.345. The topological polar surface area (TPSA) is 79.2 Å². The molecular weight excluding hydrogens is 286 g/mol. The van der Waals surface area contributed by atoms with Crippen LogP contribution < -0.4 is 10.6 Å². The summed E-state index contributed by atoms with van der Waals surface area (Å²) in [4.78, 5) is 28.6. The number of hydrogen-bond donors (Lipinski definition) is 2. The number of nitrogens with one attached hydrogen (secondary N) is 1. The molecule has 2 amide bonds. The van der Waals surface area contributed by atoms with Gasteiger partial charge < -0.3 is 10.7 Å². The van der Waals surface area contributed by atoms with E-state index in [0.29, 0.717) is 17.1 Å². The first-order valence-corrected chi connectivity index (χ1v) is 7.21. The van der Waals surface area contributed by atoms with E-state index in [4.69, 9.17) is 5.73 Å². The number of imide groups is 1. The second-order valence-corrected chi connectivity index (χ2v) is 5.58. The Hall–Kier alpha value is -2.60. The number of hydrogen-bond acceptors (Lipinski definition) is 4. The molecule has 3 N–H and O–H groups in total. The fourth-order valence-electron chi connectivity index (χ4n) is 2.15. The van der Waals surface area contributed by atoms with Gasteiger partial charge in [0.15, 0.2) is 0 Å². The molecule has 2 aromatic heterocycles. The predicted molar refractivity (Wildman–Crippen MR) is 84.5 cm³/mol. The minimum Gasteiger partial charge on any atom is -0.399 e. The normalized spacial score (nSPS) is 10.7. The Labute approximate surface area is 125 Å². The third-order valence-electron chi connectivity index (χ3n) is 3.14. The van der Waals surface area contributed by atoms with Gasteiger partial charge >= 0.3 is 0 Å². The third-order valence-corrected chi connectivity index (χ3v) is 4.00. The number of benzene rings is 1. The van der Waals surface area contributed by atoms with Crippen molar-refractivity contribution in [3.8, 4) is 0 Å². The van der Waals surface area contributed by atoms with E-state index in [-0.39, 0.29) is 11.8 Å². The molecule has 0 saturated carbocycles. The standard InChI is InChI=1S/C15H13N3O2S/c1-9(19)18(11-4-2-10(16)3-5-11)15(20)13-8-14-12(17-13)6-7-21-14/h2-8,17H,16H2,1H3. The summed E-state index contributed by atoms with van der Waals surface area (Å²) >= 11 is 1.54. The molecule has 0 saturated heterocycles. The Morgan fingerprint density at radius 3 is 2.52 bits per heavy atom. The number of anilines is 2. The molecule has 5 nitrogen and oxygen atoms in total. The molecule has 2 heterocycles. The largest absolute Gasteiger partial charge is 0.399 e. The number of carbonyl (C=O) groups excluding carboxylic acids is 2. The van der Waals surface area contributed by atoms with Gasteiger partial charge in [-0.1, -0.05) is 0 Å². The van der Waals surface area contributed by atoms with Crippen molar-refractivity contribution in [2.75, 3.05) is 10.6 Å². The van der Waals surface area contributed by atoms with Crippen molar-refractivity contribution in [3.63, 3.8) is 0 Å². The number of nitrogen functional groups attached to an aromatic ring is 1. The molecule has 1 aromatic carbocycles. The lowest BCUT2D eigenvalue weighted by Gasteiger charge is -2.18. The molecule has 106 valence electrons. The predicted octanol–water partition coefficient (Wildman–Crippen LogP) is 3.00. The summed E-state index contributed by atoms with van der Waals surface area (Å²) in [5.41, 5.74) is 8.00. The zero-order valence-electron chi connectivity index (χ0n) is 11.3. The maximum absolute atomic E-state index is 12.6. The van der Waals surface area contributed by atoms with E-state index >= 15 is 0 Å². The van der Waals surface area contributed by atoms with Crippen LogP contribution in [0.4, 0.5) is 11.4 Å². The molecule has 0 atom stereocenters. The highest BCUT2D eigenvalue weighted by molar-refractivity contribution is 7.17. The summed E-state index contributed by atoms with van der Waals surface area (Å²) < 4.78 is 0.985. The highest BCUT2D eigenvalue weighted by Gasteiger charge is 2.23. The molecule has 0 spiro atoms. The van der Waals surface area contributed by atoms with Crippen molar-refractivity contribution < 1.29 is 9.59 Å². The monoisotopic (exact) mass is 299 g/mol. The molecular formula is C15H13N3O2S. The van der Waals surface area contributed by atoms with Crippen LogP contribution in [-0.4, -0.2) is 16.8 Å². The SMILES string of the molecule is CC(=O)N(C(=O)c1cc2sccc2[nH]1)c1ccc(N)cc1. The maximum atomic E-state index is 12.6. The Bertz CT molecular complexity index is 788. The summed E-state index contributed by atoms with van der Waals surface area (Å²) in [6.45, 7) is 1.36. The molecule has 0 aliphatic carbocycles. The van der Waals surface area contributed by atoms with Crippen LogP contribution >= 0.6 is 11.3 Å². The lowest BCUT2D eigenvalue weighted by atomic mass is 10.2. The van der Waals surface area contributed by atoms with Crippen molar-refractivity contribution in [2.24, 2.45) is 0 Å². The van der Waals surface area contributed by atoms with Gasteiger partial charge in [0.2, 0.25) is 5.91 Å². The zero-order valence-corrected chi connectivity index (χ0v) is 12.1. The fourth-order valence-corrected chi connectivity index (χ4v) is 2.93. The molecule has 0 unspecified atom stereocenters. The highest BCUT2D eigenvalue weighted by atomic mass is 32.1. The number of rotatable bonds is 2. The number of H-pyrrole nitrogens is 1. The number of fused-ring (bicyclic) bond motifs is 1. The van der Waals surface area contributed by atoms with Gasteiger partial charge in [-0.15, -0.1) is 11.3 Å². The smallest absolute Gasteiger partial charge is 0.281 e.